The van der Waals surface area contributed by atoms with Gasteiger partial charge in [0.05, 0.1) is 19.9 Å². The largest absolute Gasteiger partial charge is 0.497 e. The molecule has 0 spiro atoms. The Morgan fingerprint density at radius 1 is 1.05 bits per heavy atom. The summed E-state index contributed by atoms with van der Waals surface area (Å²) >= 11 is 2.24. The summed E-state index contributed by atoms with van der Waals surface area (Å²) in [5, 5.41) is 9.27. The van der Waals surface area contributed by atoms with Gasteiger partial charge in [0.15, 0.2) is 0 Å². The van der Waals surface area contributed by atoms with Gasteiger partial charge in [-0.2, -0.15) is 5.10 Å². The molecule has 0 radical (unpaired) electrons. The minimum Gasteiger partial charge on any atom is -0.497 e. The zero-order chi connectivity index (χ0) is 25.9. The maximum Gasteiger partial charge on any atom is 0.270 e. The molecule has 2 heterocycles. The Morgan fingerprint density at radius 2 is 1.76 bits per heavy atom. The topological polar surface area (TPSA) is 91.8 Å². The van der Waals surface area contributed by atoms with Gasteiger partial charge in [-0.25, -0.2) is 9.38 Å². The lowest BCUT2D eigenvalue weighted by Gasteiger charge is -2.33. The van der Waals surface area contributed by atoms with Gasteiger partial charge in [-0.1, -0.05) is 18.2 Å². The van der Waals surface area contributed by atoms with Crippen molar-refractivity contribution in [3.05, 3.63) is 95.4 Å². The first-order valence-corrected chi connectivity index (χ1v) is 12.6. The van der Waals surface area contributed by atoms with Crippen LogP contribution < -0.4 is 14.9 Å². The molecule has 3 aromatic carbocycles. The molecule has 8 nitrogen and oxygen atoms in total. The Balaban J connectivity index is 1.54. The second kappa shape index (κ2) is 10.6. The van der Waals surface area contributed by atoms with Crippen LogP contribution in [0.5, 0.6) is 11.5 Å². The minimum atomic E-state index is -0.345. The van der Waals surface area contributed by atoms with E-state index < -0.39 is 0 Å². The Hall–Kier alpha value is -3.93. The van der Waals surface area contributed by atoms with Crippen molar-refractivity contribution in [3.8, 4) is 22.8 Å². The molecule has 10 heteroatoms. The van der Waals surface area contributed by atoms with Gasteiger partial charge in [-0.15, -0.1) is 0 Å². The fraction of sp³-hybridized carbons (Fsp3) is 0.148. The average Bonchev–Trinajstić information content (AvgIpc) is 3.35. The summed E-state index contributed by atoms with van der Waals surface area (Å²) in [7, 11) is 3.17. The van der Waals surface area contributed by atoms with Gasteiger partial charge in [0.25, 0.3) is 5.91 Å². The Bertz CT molecular complexity index is 1470. The molecule has 0 aliphatic carbocycles. The molecule has 4 aromatic rings. The van der Waals surface area contributed by atoms with Crippen LogP contribution in [-0.4, -0.2) is 41.2 Å². The van der Waals surface area contributed by atoms with Crippen LogP contribution in [0.1, 0.15) is 25.7 Å². The maximum absolute atomic E-state index is 13.5. The van der Waals surface area contributed by atoms with Crippen LogP contribution in [0.15, 0.2) is 77.8 Å². The van der Waals surface area contributed by atoms with E-state index in [1.54, 1.807) is 55.6 Å². The third-order valence-electron chi connectivity index (χ3n) is 5.92. The van der Waals surface area contributed by atoms with E-state index in [-0.39, 0.29) is 15.8 Å². The van der Waals surface area contributed by atoms with Crippen molar-refractivity contribution in [2.45, 2.75) is 10.5 Å². The second-order valence-electron chi connectivity index (χ2n) is 8.28. The zero-order valence-corrected chi connectivity index (χ0v) is 22.2. The number of nitrogens with one attached hydrogen (secondary N) is 2. The quantitative estimate of drug-likeness (QED) is 0.161. The number of hydrogen-bond acceptors (Lipinski definition) is 6. The van der Waals surface area contributed by atoms with Crippen molar-refractivity contribution in [2.24, 2.45) is 4.99 Å². The van der Waals surface area contributed by atoms with Crippen molar-refractivity contribution in [3.63, 3.8) is 0 Å². The number of fused-ring (bicyclic) bond motifs is 1. The van der Waals surface area contributed by atoms with Crippen LogP contribution in [0, 0.1) is 5.82 Å². The number of alkyl halides is 1. The lowest BCUT2D eigenvalue weighted by molar-refractivity contribution is 0.0862. The summed E-state index contributed by atoms with van der Waals surface area (Å²) in [6.45, 7) is 0. The van der Waals surface area contributed by atoms with Crippen molar-refractivity contribution < 1.29 is 18.7 Å². The first-order valence-electron chi connectivity index (χ1n) is 11.4. The smallest absolute Gasteiger partial charge is 0.270 e. The lowest BCUT2D eigenvalue weighted by atomic mass is 10.1. The van der Waals surface area contributed by atoms with Crippen molar-refractivity contribution >= 4 is 40.0 Å². The van der Waals surface area contributed by atoms with Gasteiger partial charge in [0.2, 0.25) is 0 Å². The number of methoxy groups -OCH3 is 2. The number of H-pyrrole nitrogens is 1. The van der Waals surface area contributed by atoms with Crippen molar-refractivity contribution in [1.82, 2.24) is 20.6 Å². The number of amides is 1. The molecule has 2 N–H and O–H groups in total. The Morgan fingerprint density at radius 3 is 2.49 bits per heavy atom. The zero-order valence-electron chi connectivity index (χ0n) is 20.0. The highest BCUT2D eigenvalue weighted by atomic mass is 127. The minimum absolute atomic E-state index is 0.305. The highest BCUT2D eigenvalue weighted by molar-refractivity contribution is 14.1. The molecule has 1 atom stereocenters. The van der Waals surface area contributed by atoms with E-state index >= 15 is 0 Å². The van der Waals surface area contributed by atoms with Crippen LogP contribution >= 0.6 is 22.6 Å². The monoisotopic (exact) mass is 611 g/mol. The highest BCUT2D eigenvalue weighted by Gasteiger charge is 2.33. The average molecular weight is 611 g/mol. The fourth-order valence-corrected chi connectivity index (χ4v) is 4.92. The third-order valence-corrected chi connectivity index (χ3v) is 7.10. The maximum atomic E-state index is 13.5. The first kappa shape index (κ1) is 24.8. The molecule has 0 bridgehead atoms. The first-order chi connectivity index (χ1) is 18.0. The number of amidine groups is 1. The molecule has 1 aliphatic rings. The molecule has 37 heavy (non-hydrogen) atoms. The van der Waals surface area contributed by atoms with Gasteiger partial charge in [-0.05, 0) is 82.8 Å². The molecule has 0 fully saturated rings. The van der Waals surface area contributed by atoms with Gasteiger partial charge in [0, 0.05) is 17.5 Å². The number of carbonyl (C=O) groups is 1. The molecule has 1 aromatic heterocycles. The Kier molecular flexibility index (Phi) is 7.08. The van der Waals surface area contributed by atoms with Crippen LogP contribution in [-0.2, 0) is 6.42 Å². The number of aliphatic imine (C=N–C) groups is 1. The molecular formula is C27H23FIN5O3. The van der Waals surface area contributed by atoms with E-state index in [0.29, 0.717) is 35.0 Å². The molecule has 5 rings (SSSR count). The molecule has 1 unspecified atom stereocenters. The molecular weight excluding hydrogens is 588 g/mol. The summed E-state index contributed by atoms with van der Waals surface area (Å²) < 4.78 is 23.8. The predicted octanol–water partition coefficient (Wildman–Crippen LogP) is 5.60. The number of nitrogens with zero attached hydrogens (tertiary/aromatic N) is 3. The van der Waals surface area contributed by atoms with E-state index in [9.17, 15) is 9.18 Å². The SMILES string of the molecule is COc1cccc(CC2=Nc3c(-c4ccc(F)cc4)n[nH]c3C(I)N2NC(=O)c2cccc(OC)c2)c1. The van der Waals surface area contributed by atoms with E-state index in [4.69, 9.17) is 14.5 Å². The summed E-state index contributed by atoms with van der Waals surface area (Å²) in [5.74, 6) is 1.29. The van der Waals surface area contributed by atoms with Crippen LogP contribution in [0.2, 0.25) is 0 Å². The number of aromatic amines is 1. The normalized spacial score (nSPS) is 14.5. The second-order valence-corrected chi connectivity index (χ2v) is 9.46. The summed E-state index contributed by atoms with van der Waals surface area (Å²) in [4.78, 5) is 18.2. The molecule has 188 valence electrons. The van der Waals surface area contributed by atoms with E-state index in [1.807, 2.05) is 24.3 Å². The van der Waals surface area contributed by atoms with Gasteiger partial charge < -0.3 is 9.47 Å². The van der Waals surface area contributed by atoms with Crippen molar-refractivity contribution in [1.29, 1.82) is 0 Å². The molecule has 0 saturated carbocycles. The van der Waals surface area contributed by atoms with E-state index in [1.165, 1.54) is 12.1 Å². The summed E-state index contributed by atoms with van der Waals surface area (Å²) in [6, 6.07) is 20.7. The van der Waals surface area contributed by atoms with Gasteiger partial charge >= 0.3 is 0 Å². The van der Waals surface area contributed by atoms with Gasteiger partial charge in [-0.3, -0.25) is 20.3 Å². The standard InChI is InChI=1S/C27H23FIN5O3/c1-36-20-7-3-5-16(13-20)14-22-30-24-23(17-9-11-19(28)12-10-17)31-32-25(24)26(29)34(22)33-27(35)18-6-4-8-21(15-18)37-2/h3-13,15,26H,14H2,1-2H3,(H,31,32)(H,33,35). The number of halogens is 2. The predicted molar refractivity (Wildman–Crippen MR) is 147 cm³/mol. The number of ether oxygens (including phenoxy) is 2. The lowest BCUT2D eigenvalue weighted by Crippen LogP contribution is -2.48. The molecule has 0 saturated heterocycles. The van der Waals surface area contributed by atoms with E-state index in [0.717, 1.165) is 22.6 Å². The van der Waals surface area contributed by atoms with Crippen LogP contribution in [0.4, 0.5) is 10.1 Å². The molecule has 1 amide bonds. The van der Waals surface area contributed by atoms with E-state index in [2.05, 4.69) is 38.2 Å². The fourth-order valence-electron chi connectivity index (χ4n) is 4.03. The number of hydrazine groups is 1. The summed E-state index contributed by atoms with van der Waals surface area (Å²) in [5.41, 5.74) is 7.13. The number of benzene rings is 3. The van der Waals surface area contributed by atoms with Gasteiger partial charge in [0.1, 0.15) is 38.6 Å². The number of hydrogen-bond donors (Lipinski definition) is 2. The third kappa shape index (κ3) is 5.15. The van der Waals surface area contributed by atoms with Crippen molar-refractivity contribution in [2.75, 3.05) is 14.2 Å². The van der Waals surface area contributed by atoms with Crippen LogP contribution in [0.3, 0.4) is 0 Å². The number of carbonyl (C=O) groups excluding carboxylic acids is 1. The number of aromatic nitrogens is 2. The summed E-state index contributed by atoms with van der Waals surface area (Å²) in [6.07, 6.45) is 0.419. The Labute approximate surface area is 226 Å². The molecule has 1 aliphatic heterocycles. The highest BCUT2D eigenvalue weighted by Crippen LogP contribution is 2.42. The van der Waals surface area contributed by atoms with Crippen LogP contribution in [0.25, 0.3) is 11.3 Å². The number of rotatable bonds is 7.